The van der Waals surface area contributed by atoms with Gasteiger partial charge in [-0.05, 0) is 18.1 Å². The van der Waals surface area contributed by atoms with E-state index in [-0.39, 0.29) is 0 Å². The molecule has 2 rings (SSSR count). The topological polar surface area (TPSA) is 12.4 Å². The fourth-order valence-electron chi connectivity index (χ4n) is 1.30. The Kier molecular flexibility index (Phi) is 2.07. The first-order valence-corrected chi connectivity index (χ1v) is 4.51. The number of benzene rings is 1. The highest BCUT2D eigenvalue weighted by Gasteiger charge is 2.10. The number of rotatable bonds is 0. The van der Waals surface area contributed by atoms with Crippen molar-refractivity contribution in [2.45, 2.75) is 6.42 Å². The Labute approximate surface area is 81.0 Å². The van der Waals surface area contributed by atoms with E-state index in [0.29, 0.717) is 10.0 Å². The lowest BCUT2D eigenvalue weighted by atomic mass is 10.0. The Hall–Kier alpha value is -0.530. The zero-order valence-electron chi connectivity index (χ0n) is 6.35. The number of halogens is 2. The van der Waals surface area contributed by atoms with E-state index in [1.165, 1.54) is 5.56 Å². The lowest BCUT2D eigenvalue weighted by molar-refractivity contribution is 0.952. The molecule has 0 atom stereocenters. The minimum Gasteiger partial charge on any atom is -0.292 e. The quantitative estimate of drug-likeness (QED) is 0.610. The van der Waals surface area contributed by atoms with Crippen LogP contribution in [0.25, 0.3) is 0 Å². The van der Waals surface area contributed by atoms with Gasteiger partial charge in [0, 0.05) is 18.3 Å². The van der Waals surface area contributed by atoms with Crippen LogP contribution in [-0.4, -0.2) is 12.8 Å². The van der Waals surface area contributed by atoms with E-state index in [1.54, 1.807) is 6.21 Å². The van der Waals surface area contributed by atoms with E-state index in [4.69, 9.17) is 23.2 Å². The molecule has 0 saturated carbocycles. The molecule has 1 nitrogen and oxygen atoms in total. The SMILES string of the molecule is Clc1ccc2c(c1Cl)C=NCC2. The molecule has 12 heavy (non-hydrogen) atoms. The molecule has 0 unspecified atom stereocenters. The van der Waals surface area contributed by atoms with Crippen LogP contribution in [0.15, 0.2) is 17.1 Å². The van der Waals surface area contributed by atoms with Gasteiger partial charge in [-0.15, -0.1) is 0 Å². The standard InChI is InChI=1S/C9H7Cl2N/c10-8-2-1-6-3-4-12-5-7(6)9(8)11/h1-2,5H,3-4H2. The molecule has 1 aliphatic rings. The summed E-state index contributed by atoms with van der Waals surface area (Å²) in [6.07, 6.45) is 2.76. The summed E-state index contributed by atoms with van der Waals surface area (Å²) in [6.45, 7) is 0.852. The van der Waals surface area contributed by atoms with Gasteiger partial charge in [-0.2, -0.15) is 0 Å². The maximum absolute atomic E-state index is 5.99. The Morgan fingerprint density at radius 1 is 1.25 bits per heavy atom. The molecule has 0 amide bonds. The van der Waals surface area contributed by atoms with Crippen molar-refractivity contribution in [1.82, 2.24) is 0 Å². The summed E-state index contributed by atoms with van der Waals surface area (Å²) in [6, 6.07) is 3.84. The van der Waals surface area contributed by atoms with Crippen LogP contribution < -0.4 is 0 Å². The molecular formula is C9H7Cl2N. The molecule has 0 radical (unpaired) electrons. The number of hydrogen-bond donors (Lipinski definition) is 0. The molecule has 62 valence electrons. The molecule has 0 bridgehead atoms. The molecule has 0 fully saturated rings. The average Bonchev–Trinajstić information content (AvgIpc) is 2.12. The molecule has 0 aliphatic carbocycles. The third kappa shape index (κ3) is 1.23. The maximum Gasteiger partial charge on any atom is 0.0682 e. The summed E-state index contributed by atoms with van der Waals surface area (Å²) in [5.74, 6) is 0. The molecule has 1 aliphatic heterocycles. The van der Waals surface area contributed by atoms with Crippen LogP contribution in [-0.2, 0) is 6.42 Å². The van der Waals surface area contributed by atoms with Crippen molar-refractivity contribution in [3.63, 3.8) is 0 Å². The number of hydrogen-bond acceptors (Lipinski definition) is 1. The Morgan fingerprint density at radius 3 is 2.92 bits per heavy atom. The first-order valence-electron chi connectivity index (χ1n) is 3.76. The summed E-state index contributed by atoms with van der Waals surface area (Å²) < 4.78 is 0. The third-order valence-electron chi connectivity index (χ3n) is 1.95. The van der Waals surface area contributed by atoms with Crippen LogP contribution in [0.3, 0.4) is 0 Å². The van der Waals surface area contributed by atoms with E-state index >= 15 is 0 Å². The van der Waals surface area contributed by atoms with Crippen molar-refractivity contribution in [1.29, 1.82) is 0 Å². The summed E-state index contributed by atoms with van der Waals surface area (Å²) in [7, 11) is 0. The van der Waals surface area contributed by atoms with Gasteiger partial charge in [-0.1, -0.05) is 29.3 Å². The highest BCUT2D eigenvalue weighted by Crippen LogP contribution is 2.28. The van der Waals surface area contributed by atoms with Gasteiger partial charge in [0.1, 0.15) is 0 Å². The van der Waals surface area contributed by atoms with Crippen molar-refractivity contribution >= 4 is 29.4 Å². The van der Waals surface area contributed by atoms with Crippen LogP contribution in [0.2, 0.25) is 10.0 Å². The highest BCUT2D eigenvalue weighted by molar-refractivity contribution is 6.43. The lowest BCUT2D eigenvalue weighted by Crippen LogP contribution is -2.03. The molecule has 0 N–H and O–H groups in total. The minimum absolute atomic E-state index is 0.601. The monoisotopic (exact) mass is 199 g/mol. The first kappa shape index (κ1) is 8.09. The second-order valence-electron chi connectivity index (χ2n) is 2.72. The lowest BCUT2D eigenvalue weighted by Gasteiger charge is -2.11. The summed E-state index contributed by atoms with van der Waals surface area (Å²) in [5, 5.41) is 1.22. The van der Waals surface area contributed by atoms with Gasteiger partial charge in [0.25, 0.3) is 0 Å². The van der Waals surface area contributed by atoms with Gasteiger partial charge >= 0.3 is 0 Å². The zero-order chi connectivity index (χ0) is 8.55. The average molecular weight is 200 g/mol. The normalized spacial score (nSPS) is 14.5. The molecule has 1 heterocycles. The largest absolute Gasteiger partial charge is 0.292 e. The predicted molar refractivity (Wildman–Crippen MR) is 52.6 cm³/mol. The van der Waals surface area contributed by atoms with E-state index < -0.39 is 0 Å². The van der Waals surface area contributed by atoms with Gasteiger partial charge < -0.3 is 0 Å². The van der Waals surface area contributed by atoms with E-state index in [9.17, 15) is 0 Å². The summed E-state index contributed by atoms with van der Waals surface area (Å²) in [5.41, 5.74) is 2.22. The molecule has 1 aromatic carbocycles. The smallest absolute Gasteiger partial charge is 0.0682 e. The Balaban J connectivity index is 2.64. The van der Waals surface area contributed by atoms with Crippen molar-refractivity contribution in [3.8, 4) is 0 Å². The van der Waals surface area contributed by atoms with Gasteiger partial charge in [-0.3, -0.25) is 4.99 Å². The number of nitrogens with zero attached hydrogens (tertiary/aromatic N) is 1. The van der Waals surface area contributed by atoms with Crippen LogP contribution in [0.5, 0.6) is 0 Å². The van der Waals surface area contributed by atoms with Crippen LogP contribution in [0.4, 0.5) is 0 Å². The minimum atomic E-state index is 0.601. The second kappa shape index (κ2) is 3.08. The van der Waals surface area contributed by atoms with Crippen molar-refractivity contribution in [2.24, 2.45) is 4.99 Å². The first-order chi connectivity index (χ1) is 5.79. The highest BCUT2D eigenvalue weighted by atomic mass is 35.5. The van der Waals surface area contributed by atoms with Crippen LogP contribution in [0.1, 0.15) is 11.1 Å². The molecular weight excluding hydrogens is 193 g/mol. The fraction of sp³-hybridized carbons (Fsp3) is 0.222. The summed E-state index contributed by atoms with van der Waals surface area (Å²) in [4.78, 5) is 4.15. The van der Waals surface area contributed by atoms with Crippen molar-refractivity contribution in [3.05, 3.63) is 33.3 Å². The fourth-order valence-corrected chi connectivity index (χ4v) is 1.70. The van der Waals surface area contributed by atoms with Gasteiger partial charge in [-0.25, -0.2) is 0 Å². The second-order valence-corrected chi connectivity index (χ2v) is 3.50. The zero-order valence-corrected chi connectivity index (χ0v) is 7.86. The number of aliphatic imine (C=N–C) groups is 1. The number of fused-ring (bicyclic) bond motifs is 1. The molecule has 1 aromatic rings. The van der Waals surface area contributed by atoms with Gasteiger partial charge in [0.15, 0.2) is 0 Å². The third-order valence-corrected chi connectivity index (χ3v) is 2.77. The maximum atomic E-state index is 5.99. The van der Waals surface area contributed by atoms with Crippen molar-refractivity contribution in [2.75, 3.05) is 6.54 Å². The Bertz CT molecular complexity index is 345. The molecule has 0 saturated heterocycles. The van der Waals surface area contributed by atoms with Crippen LogP contribution >= 0.6 is 23.2 Å². The van der Waals surface area contributed by atoms with Crippen LogP contribution in [0, 0.1) is 0 Å². The van der Waals surface area contributed by atoms with Gasteiger partial charge in [0.2, 0.25) is 0 Å². The molecule has 0 spiro atoms. The summed E-state index contributed by atoms with van der Waals surface area (Å²) >= 11 is 11.8. The van der Waals surface area contributed by atoms with Crippen molar-refractivity contribution < 1.29 is 0 Å². The molecule has 0 aromatic heterocycles. The molecule has 3 heteroatoms. The van der Waals surface area contributed by atoms with E-state index in [2.05, 4.69) is 4.99 Å². The predicted octanol–water partition coefficient (Wildman–Crippen LogP) is 2.97. The van der Waals surface area contributed by atoms with E-state index in [0.717, 1.165) is 18.5 Å². The van der Waals surface area contributed by atoms with Gasteiger partial charge in [0.05, 0.1) is 10.0 Å². The Morgan fingerprint density at radius 2 is 2.08 bits per heavy atom. The van der Waals surface area contributed by atoms with E-state index in [1.807, 2.05) is 12.1 Å².